The normalized spacial score (nSPS) is 27.0. The molecule has 0 aromatic heterocycles. The van der Waals surface area contributed by atoms with E-state index >= 15 is 0 Å². The van der Waals surface area contributed by atoms with Gasteiger partial charge in [-0.1, -0.05) is 0 Å². The zero-order valence-corrected chi connectivity index (χ0v) is 6.91. The number of nitrogens with zero attached hydrogens (tertiary/aromatic N) is 2. The average molecular weight is 189 g/mol. The van der Waals surface area contributed by atoms with Crippen LogP contribution in [0.5, 0.6) is 0 Å². The molecule has 0 N–H and O–H groups in total. The van der Waals surface area contributed by atoms with Crippen molar-refractivity contribution in [1.82, 2.24) is 0 Å². The molecule has 1 unspecified atom stereocenters. The fourth-order valence-corrected chi connectivity index (χ4v) is 0.873. The maximum absolute atomic E-state index is 10.7. The molecule has 0 radical (unpaired) electrons. The van der Waals surface area contributed by atoms with Gasteiger partial charge in [-0.25, -0.2) is 0 Å². The van der Waals surface area contributed by atoms with Crippen molar-refractivity contribution in [2.75, 3.05) is 0 Å². The fourth-order valence-electron chi connectivity index (χ4n) is 0.770. The van der Waals surface area contributed by atoms with Gasteiger partial charge in [0.15, 0.2) is 5.54 Å². The van der Waals surface area contributed by atoms with Crippen LogP contribution in [0, 0.1) is 10.1 Å². The lowest BCUT2D eigenvalue weighted by Gasteiger charge is -2.08. The SMILES string of the molecule is CC1(C(=O)Cl)C=C([N+](=O)[O-])C=N1. The van der Waals surface area contributed by atoms with E-state index in [1.54, 1.807) is 0 Å². The number of halogens is 1. The Balaban J connectivity index is 2.99. The summed E-state index contributed by atoms with van der Waals surface area (Å²) in [5, 5.41) is 9.48. The topological polar surface area (TPSA) is 72.6 Å². The van der Waals surface area contributed by atoms with Crippen LogP contribution < -0.4 is 0 Å². The zero-order valence-electron chi connectivity index (χ0n) is 6.15. The Hall–Kier alpha value is -1.23. The van der Waals surface area contributed by atoms with Crippen LogP contribution in [0.2, 0.25) is 0 Å². The maximum Gasteiger partial charge on any atom is 0.286 e. The summed E-state index contributed by atoms with van der Waals surface area (Å²) >= 11 is 5.18. The van der Waals surface area contributed by atoms with Gasteiger partial charge in [0.2, 0.25) is 0 Å². The molecule has 0 bridgehead atoms. The lowest BCUT2D eigenvalue weighted by Crippen LogP contribution is -2.24. The zero-order chi connectivity index (χ0) is 9.35. The van der Waals surface area contributed by atoms with E-state index in [4.69, 9.17) is 11.6 Å². The first-order chi connectivity index (χ1) is 5.46. The number of nitro groups is 1. The van der Waals surface area contributed by atoms with Crippen molar-refractivity contribution in [3.63, 3.8) is 0 Å². The van der Waals surface area contributed by atoms with Gasteiger partial charge in [-0.3, -0.25) is 19.9 Å². The number of rotatable bonds is 2. The molecule has 1 aliphatic rings. The molecule has 12 heavy (non-hydrogen) atoms. The first-order valence-electron chi connectivity index (χ1n) is 3.08. The molecule has 0 fully saturated rings. The van der Waals surface area contributed by atoms with Crippen LogP contribution in [0.25, 0.3) is 0 Å². The average Bonchev–Trinajstić information content (AvgIpc) is 2.33. The van der Waals surface area contributed by atoms with E-state index in [-0.39, 0.29) is 5.70 Å². The minimum atomic E-state index is -1.26. The first kappa shape index (κ1) is 8.86. The molecule has 5 nitrogen and oxygen atoms in total. The summed E-state index contributed by atoms with van der Waals surface area (Å²) in [4.78, 5) is 23.9. The smallest absolute Gasteiger partial charge is 0.278 e. The van der Waals surface area contributed by atoms with E-state index < -0.39 is 15.7 Å². The molecule has 1 heterocycles. The summed E-state index contributed by atoms with van der Waals surface area (Å²) in [5.41, 5.74) is -1.46. The molecular formula is C6H5ClN2O3. The van der Waals surface area contributed by atoms with Gasteiger partial charge in [0, 0.05) is 6.08 Å². The highest BCUT2D eigenvalue weighted by molar-refractivity contribution is 6.66. The highest BCUT2D eigenvalue weighted by Gasteiger charge is 2.35. The minimum absolute atomic E-state index is 0.202. The van der Waals surface area contributed by atoms with E-state index in [0.29, 0.717) is 0 Å². The van der Waals surface area contributed by atoms with Crippen molar-refractivity contribution in [3.05, 3.63) is 21.9 Å². The standard InChI is InChI=1S/C6H5ClN2O3/c1-6(5(7)10)2-4(3-8-6)9(11)12/h2-3H,1H3. The highest BCUT2D eigenvalue weighted by atomic mass is 35.5. The van der Waals surface area contributed by atoms with Crippen molar-refractivity contribution >= 4 is 23.1 Å². The molecular weight excluding hydrogens is 184 g/mol. The Labute approximate surface area is 72.9 Å². The fraction of sp³-hybridized carbons (Fsp3) is 0.333. The lowest BCUT2D eigenvalue weighted by molar-refractivity contribution is -0.414. The summed E-state index contributed by atoms with van der Waals surface area (Å²) in [6.45, 7) is 1.41. The second-order valence-electron chi connectivity index (χ2n) is 2.51. The van der Waals surface area contributed by atoms with Crippen molar-refractivity contribution in [1.29, 1.82) is 0 Å². The largest absolute Gasteiger partial charge is 0.286 e. The van der Waals surface area contributed by atoms with Crippen LogP contribution in [0.3, 0.4) is 0 Å². The second kappa shape index (κ2) is 2.67. The Morgan fingerprint density at radius 3 is 2.67 bits per heavy atom. The molecule has 6 heteroatoms. The number of carbonyl (C=O) groups is 1. The van der Waals surface area contributed by atoms with Gasteiger partial charge >= 0.3 is 0 Å². The molecule has 0 saturated heterocycles. The van der Waals surface area contributed by atoms with Gasteiger partial charge in [-0.15, -0.1) is 0 Å². The van der Waals surface area contributed by atoms with Gasteiger partial charge in [0.1, 0.15) is 6.21 Å². The molecule has 0 amide bonds. The summed E-state index contributed by atoms with van der Waals surface area (Å²) in [6, 6.07) is 0. The van der Waals surface area contributed by atoms with Crippen molar-refractivity contribution in [3.8, 4) is 0 Å². The van der Waals surface area contributed by atoms with Crippen molar-refractivity contribution in [2.24, 2.45) is 4.99 Å². The van der Waals surface area contributed by atoms with E-state index in [1.807, 2.05) is 0 Å². The maximum atomic E-state index is 10.7. The molecule has 64 valence electrons. The summed E-state index contributed by atoms with van der Waals surface area (Å²) in [6.07, 6.45) is 2.16. The van der Waals surface area contributed by atoms with Gasteiger partial charge in [-0.2, -0.15) is 0 Å². The summed E-state index contributed by atoms with van der Waals surface area (Å²) in [7, 11) is 0. The van der Waals surface area contributed by atoms with Crippen LogP contribution in [-0.2, 0) is 4.79 Å². The van der Waals surface area contributed by atoms with Crippen LogP contribution in [0.1, 0.15) is 6.92 Å². The number of hydrogen-bond donors (Lipinski definition) is 0. The van der Waals surface area contributed by atoms with Gasteiger partial charge in [0.25, 0.3) is 10.9 Å². The number of allylic oxidation sites excluding steroid dienone is 1. The minimum Gasteiger partial charge on any atom is -0.278 e. The lowest BCUT2D eigenvalue weighted by atomic mass is 10.1. The Kier molecular flexibility index (Phi) is 1.97. The molecule has 0 aromatic carbocycles. The Morgan fingerprint density at radius 2 is 2.42 bits per heavy atom. The van der Waals surface area contributed by atoms with Crippen LogP contribution in [0.15, 0.2) is 16.8 Å². The van der Waals surface area contributed by atoms with Gasteiger partial charge in [-0.05, 0) is 18.5 Å². The monoisotopic (exact) mass is 188 g/mol. The van der Waals surface area contributed by atoms with Gasteiger partial charge in [0.05, 0.1) is 4.92 Å². The van der Waals surface area contributed by atoms with Crippen molar-refractivity contribution in [2.45, 2.75) is 12.5 Å². The van der Waals surface area contributed by atoms with Crippen LogP contribution >= 0.6 is 11.6 Å². The first-order valence-corrected chi connectivity index (χ1v) is 3.46. The quantitative estimate of drug-likeness (QED) is 0.365. The third-order valence-corrected chi connectivity index (χ3v) is 1.89. The van der Waals surface area contributed by atoms with Crippen LogP contribution in [-0.4, -0.2) is 21.9 Å². The van der Waals surface area contributed by atoms with E-state index in [0.717, 1.165) is 12.3 Å². The van der Waals surface area contributed by atoms with E-state index in [2.05, 4.69) is 4.99 Å². The molecule has 1 rings (SSSR count). The number of hydrogen-bond acceptors (Lipinski definition) is 4. The molecule has 0 aliphatic carbocycles. The predicted molar refractivity (Wildman–Crippen MR) is 42.8 cm³/mol. The second-order valence-corrected chi connectivity index (χ2v) is 2.85. The number of carbonyl (C=O) groups excluding carboxylic acids is 1. The molecule has 0 saturated carbocycles. The van der Waals surface area contributed by atoms with Crippen molar-refractivity contribution < 1.29 is 9.72 Å². The highest BCUT2D eigenvalue weighted by Crippen LogP contribution is 2.22. The predicted octanol–water partition coefficient (Wildman–Crippen LogP) is 0.756. The molecule has 1 aliphatic heterocycles. The van der Waals surface area contributed by atoms with E-state index in [9.17, 15) is 14.9 Å². The Morgan fingerprint density at radius 1 is 1.83 bits per heavy atom. The third kappa shape index (κ3) is 1.35. The third-order valence-electron chi connectivity index (χ3n) is 1.50. The van der Waals surface area contributed by atoms with Gasteiger partial charge < -0.3 is 0 Å². The van der Waals surface area contributed by atoms with E-state index in [1.165, 1.54) is 6.92 Å². The molecule has 0 spiro atoms. The number of aliphatic imine (C=N–C) groups is 1. The molecule has 0 aromatic rings. The Bertz CT molecular complexity index is 310. The molecule has 1 atom stereocenters. The summed E-state index contributed by atoms with van der Waals surface area (Å²) < 4.78 is 0. The van der Waals surface area contributed by atoms with Crippen LogP contribution in [0.4, 0.5) is 0 Å². The summed E-state index contributed by atoms with van der Waals surface area (Å²) in [5.74, 6) is 0.